The van der Waals surface area contributed by atoms with Crippen molar-refractivity contribution in [1.82, 2.24) is 14.8 Å². The molecule has 10 nitrogen and oxygen atoms in total. The largest absolute Gasteiger partial charge is 0.465 e. The number of fused-ring (bicyclic) bond motifs is 8. The number of hydrogen-bond acceptors (Lipinski definition) is 4. The summed E-state index contributed by atoms with van der Waals surface area (Å²) in [6.07, 6.45) is 0.435. The third-order valence-corrected chi connectivity index (χ3v) is 12.1. The van der Waals surface area contributed by atoms with E-state index in [1.807, 2.05) is 31.7 Å². The van der Waals surface area contributed by atoms with E-state index in [1.165, 1.54) is 23.1 Å². The molecule has 8 rings (SSSR count). The maximum absolute atomic E-state index is 13.6. The van der Waals surface area contributed by atoms with Gasteiger partial charge in [-0.2, -0.15) is 13.2 Å². The highest BCUT2D eigenvalue weighted by Gasteiger charge is 2.46. The van der Waals surface area contributed by atoms with Crippen LogP contribution in [0.1, 0.15) is 86.4 Å². The van der Waals surface area contributed by atoms with E-state index in [2.05, 4.69) is 15.6 Å². The fourth-order valence-electron chi connectivity index (χ4n) is 8.63. The minimum atomic E-state index is -4.56. The number of aromatic nitrogens is 1. The lowest BCUT2D eigenvalue weighted by molar-refractivity contribution is -0.137. The van der Waals surface area contributed by atoms with Crippen molar-refractivity contribution in [3.63, 3.8) is 0 Å². The number of alkyl halides is 3. The molecule has 0 aliphatic carbocycles. The summed E-state index contributed by atoms with van der Waals surface area (Å²) in [5, 5.41) is 15.7. The van der Waals surface area contributed by atoms with Gasteiger partial charge in [-0.05, 0) is 131 Å². The van der Waals surface area contributed by atoms with Crippen LogP contribution in [-0.4, -0.2) is 55.7 Å². The van der Waals surface area contributed by atoms with Gasteiger partial charge in [-0.1, -0.05) is 40.9 Å². The van der Waals surface area contributed by atoms with Crippen molar-refractivity contribution in [1.29, 1.82) is 0 Å². The average Bonchev–Trinajstić information content (AvgIpc) is 3.63. The Morgan fingerprint density at radius 3 is 1.93 bits per heavy atom. The summed E-state index contributed by atoms with van der Waals surface area (Å²) in [4.78, 5) is 47.4. The van der Waals surface area contributed by atoms with E-state index >= 15 is 0 Å². The first-order chi connectivity index (χ1) is 27.3. The Morgan fingerprint density at radius 2 is 1.34 bits per heavy atom. The molecule has 58 heavy (non-hydrogen) atoms. The highest BCUT2D eigenvalue weighted by Crippen LogP contribution is 2.48. The molecular formula is C41H39Cl3F4N6O4. The number of carboxylic acid groups (broad SMARTS) is 1. The summed E-state index contributed by atoms with van der Waals surface area (Å²) in [6, 6.07) is 13.5. The highest BCUT2D eigenvalue weighted by molar-refractivity contribution is 6.42. The van der Waals surface area contributed by atoms with Gasteiger partial charge in [0.05, 0.1) is 32.7 Å². The third-order valence-electron chi connectivity index (χ3n) is 11.0. The number of anilines is 3. The molecule has 5 amide bonds. The summed E-state index contributed by atoms with van der Waals surface area (Å²) in [5.41, 5.74) is 2.79. The standard InChI is InChI=1S/C22H24Cl2N4O3.C19H15ClF4N2O/c1-22(2,3)28(21(30)31)19-18-12(8-9-25-19)10-14-5-7-17(18)27(14)20(29)26-13-4-6-15(23)16(24)11-13;20-16-9-12(3-5-15(16)19(22,23)24)25-18(27)26-13-4-6-17(26)14-8-11(21)2-1-10(14)7-13/h4,6,8-9,11,14,17H,5,7,10H2,1-3H3,(H,26,29)(H,30,31);1-3,5,8-9,13,17H,4,6-7H2,(H,25,27)/t14-,17+;13-,17+/m00/s1. The number of nitrogens with zero attached hydrogens (tertiary/aromatic N) is 4. The SMILES string of the molecule is CC(C)(C)N(C(=O)O)c1nccc2c1[C@H]1CC[C@@H](C2)N1C(=O)Nc1ccc(Cl)c(Cl)c1.O=C(Nc1ccc(C(F)(F)F)c(Cl)c1)N1[C@H]2CC[C@@H]1c1cc(F)ccc1C2. The van der Waals surface area contributed by atoms with Crippen molar-refractivity contribution in [2.75, 3.05) is 15.5 Å². The van der Waals surface area contributed by atoms with E-state index in [0.29, 0.717) is 34.4 Å². The van der Waals surface area contributed by atoms with Crippen LogP contribution in [0.15, 0.2) is 66.9 Å². The number of carbonyl (C=O) groups excluding carboxylic acids is 2. The second-order valence-electron chi connectivity index (χ2n) is 15.7. The first-order valence-electron chi connectivity index (χ1n) is 18.6. The van der Waals surface area contributed by atoms with Crippen molar-refractivity contribution < 1.29 is 37.1 Å². The van der Waals surface area contributed by atoms with Gasteiger partial charge in [-0.3, -0.25) is 4.90 Å². The van der Waals surface area contributed by atoms with Crippen LogP contribution in [0.25, 0.3) is 0 Å². The Kier molecular flexibility index (Phi) is 11.2. The highest BCUT2D eigenvalue weighted by atomic mass is 35.5. The molecule has 0 unspecified atom stereocenters. The van der Waals surface area contributed by atoms with Crippen LogP contribution in [-0.2, 0) is 19.0 Å². The second-order valence-corrected chi connectivity index (χ2v) is 17.0. The number of carbonyl (C=O) groups is 3. The van der Waals surface area contributed by atoms with Gasteiger partial charge in [0.2, 0.25) is 0 Å². The lowest BCUT2D eigenvalue weighted by Crippen LogP contribution is -2.48. The summed E-state index contributed by atoms with van der Waals surface area (Å²) >= 11 is 17.8. The Labute approximate surface area is 347 Å². The minimum Gasteiger partial charge on any atom is -0.465 e. The number of urea groups is 2. The van der Waals surface area contributed by atoms with Crippen LogP contribution in [0.3, 0.4) is 0 Å². The van der Waals surface area contributed by atoms with E-state index in [1.54, 1.807) is 35.4 Å². The van der Waals surface area contributed by atoms with E-state index in [0.717, 1.165) is 60.1 Å². The number of hydrogen-bond donors (Lipinski definition) is 3. The van der Waals surface area contributed by atoms with Crippen LogP contribution >= 0.6 is 34.8 Å². The molecule has 0 radical (unpaired) electrons. The molecule has 0 saturated carbocycles. The molecule has 4 aliphatic heterocycles. The van der Waals surface area contributed by atoms with E-state index < -0.39 is 34.4 Å². The molecule has 4 aromatic rings. The van der Waals surface area contributed by atoms with Gasteiger partial charge >= 0.3 is 24.3 Å². The van der Waals surface area contributed by atoms with Gasteiger partial charge in [0.1, 0.15) is 11.6 Å². The second kappa shape index (κ2) is 15.8. The summed E-state index contributed by atoms with van der Waals surface area (Å²) < 4.78 is 52.1. The van der Waals surface area contributed by atoms with Crippen molar-refractivity contribution >= 4 is 70.2 Å². The number of nitrogens with one attached hydrogen (secondary N) is 2. The molecule has 17 heteroatoms. The average molecular weight is 862 g/mol. The van der Waals surface area contributed by atoms with Gasteiger partial charge in [-0.15, -0.1) is 0 Å². The zero-order chi connectivity index (χ0) is 41.8. The van der Waals surface area contributed by atoms with Crippen LogP contribution in [0.2, 0.25) is 15.1 Å². The topological polar surface area (TPSA) is 118 Å². The molecule has 5 heterocycles. The molecule has 306 valence electrons. The zero-order valence-corrected chi connectivity index (χ0v) is 33.8. The van der Waals surface area contributed by atoms with Crippen LogP contribution < -0.4 is 15.5 Å². The molecule has 1 aromatic heterocycles. The molecule has 3 aromatic carbocycles. The first kappa shape index (κ1) is 41.4. The molecule has 2 saturated heterocycles. The van der Waals surface area contributed by atoms with Crippen LogP contribution in [0.4, 0.5) is 49.1 Å². The maximum Gasteiger partial charge on any atom is 0.417 e. The lowest BCUT2D eigenvalue weighted by Gasteiger charge is -2.40. The summed E-state index contributed by atoms with van der Waals surface area (Å²) in [7, 11) is 0. The molecule has 2 fully saturated rings. The van der Waals surface area contributed by atoms with E-state index in [-0.39, 0.29) is 41.7 Å². The molecule has 0 spiro atoms. The fourth-order valence-corrected chi connectivity index (χ4v) is 9.21. The smallest absolute Gasteiger partial charge is 0.417 e. The van der Waals surface area contributed by atoms with Crippen molar-refractivity contribution in [2.45, 2.75) is 95.2 Å². The summed E-state index contributed by atoms with van der Waals surface area (Å²) in [5.74, 6) is 0.0455. The Morgan fingerprint density at radius 1 is 0.759 bits per heavy atom. The lowest BCUT2D eigenvalue weighted by atomic mass is 9.93. The van der Waals surface area contributed by atoms with Gasteiger partial charge < -0.3 is 25.5 Å². The first-order valence-corrected chi connectivity index (χ1v) is 19.7. The van der Waals surface area contributed by atoms with Crippen molar-refractivity contribution in [3.05, 3.63) is 116 Å². The van der Waals surface area contributed by atoms with Crippen LogP contribution in [0.5, 0.6) is 0 Å². The Balaban J connectivity index is 0.000000178. The number of benzene rings is 3. The van der Waals surface area contributed by atoms with E-state index in [9.17, 15) is 37.1 Å². The van der Waals surface area contributed by atoms with Crippen molar-refractivity contribution in [2.24, 2.45) is 0 Å². The molecule has 3 N–H and O–H groups in total. The fraction of sp³-hybridized carbons (Fsp3) is 0.366. The van der Waals surface area contributed by atoms with E-state index in [4.69, 9.17) is 34.8 Å². The number of pyridine rings is 1. The summed E-state index contributed by atoms with van der Waals surface area (Å²) in [6.45, 7) is 5.49. The monoisotopic (exact) mass is 860 g/mol. The maximum atomic E-state index is 13.6. The predicted octanol–water partition coefficient (Wildman–Crippen LogP) is 11.8. The van der Waals surface area contributed by atoms with Gasteiger partial charge in [0.15, 0.2) is 0 Å². The van der Waals surface area contributed by atoms with Crippen molar-refractivity contribution in [3.8, 4) is 0 Å². The van der Waals surface area contributed by atoms with Gasteiger partial charge in [0.25, 0.3) is 0 Å². The number of rotatable bonds is 3. The van der Waals surface area contributed by atoms with Crippen LogP contribution in [0, 0.1) is 5.82 Å². The quantitative estimate of drug-likeness (QED) is 0.177. The zero-order valence-electron chi connectivity index (χ0n) is 31.5. The predicted molar refractivity (Wildman–Crippen MR) is 214 cm³/mol. The molecule has 4 atom stereocenters. The minimum absolute atomic E-state index is 0.0159. The van der Waals surface area contributed by atoms with Gasteiger partial charge in [0, 0.05) is 40.8 Å². The normalized spacial score (nSPS) is 20.4. The molecule has 4 aliphatic rings. The Hall–Kier alpha value is -4.79. The molecule has 4 bridgehead atoms. The molecular weight excluding hydrogens is 823 g/mol. The Bertz CT molecular complexity index is 2290. The van der Waals surface area contributed by atoms with Gasteiger partial charge in [-0.25, -0.2) is 23.8 Å². The third kappa shape index (κ3) is 8.10. The number of halogens is 7. The number of amides is 5.